The van der Waals surface area contributed by atoms with Crippen molar-refractivity contribution in [1.82, 2.24) is 10.2 Å². The topological polar surface area (TPSA) is 32.3 Å². The summed E-state index contributed by atoms with van der Waals surface area (Å²) in [7, 11) is 1.99. The molecule has 2 rings (SSSR count). The van der Waals surface area contributed by atoms with Crippen LogP contribution in [0.2, 0.25) is 0 Å². The fourth-order valence-electron chi connectivity index (χ4n) is 2.58. The van der Waals surface area contributed by atoms with Crippen molar-refractivity contribution in [3.8, 4) is 0 Å². The number of nitrogens with one attached hydrogen (secondary N) is 1. The summed E-state index contributed by atoms with van der Waals surface area (Å²) in [5.41, 5.74) is 0.781. The zero-order chi connectivity index (χ0) is 13.7. The van der Waals surface area contributed by atoms with Crippen LogP contribution in [-0.4, -0.2) is 37.5 Å². The number of benzene rings is 1. The first kappa shape index (κ1) is 14.5. The molecule has 0 bridgehead atoms. The Hall–Kier alpha value is -0.870. The molecule has 0 saturated carbocycles. The van der Waals surface area contributed by atoms with Gasteiger partial charge in [-0.3, -0.25) is 4.79 Å². The van der Waals surface area contributed by atoms with Gasteiger partial charge in [-0.2, -0.15) is 0 Å². The number of hydrogen-bond acceptors (Lipinski definition) is 2. The smallest absolute Gasteiger partial charge is 0.253 e. The molecule has 0 aliphatic carbocycles. The summed E-state index contributed by atoms with van der Waals surface area (Å²) in [5.74, 6) is 0.923. The van der Waals surface area contributed by atoms with Gasteiger partial charge in [-0.25, -0.2) is 0 Å². The molecule has 0 radical (unpaired) electrons. The van der Waals surface area contributed by atoms with Crippen molar-refractivity contribution in [2.75, 3.05) is 26.7 Å². The van der Waals surface area contributed by atoms with E-state index in [0.717, 1.165) is 48.4 Å². The third-order valence-electron chi connectivity index (χ3n) is 3.78. The number of halogens is 1. The van der Waals surface area contributed by atoms with E-state index >= 15 is 0 Å². The van der Waals surface area contributed by atoms with Crippen molar-refractivity contribution in [1.29, 1.82) is 0 Å². The highest BCUT2D eigenvalue weighted by Crippen LogP contribution is 2.22. The monoisotopic (exact) mass is 324 g/mol. The molecule has 1 fully saturated rings. The number of rotatable bonds is 4. The molecular formula is C15H21BrN2O. The number of piperidine rings is 1. The van der Waals surface area contributed by atoms with Gasteiger partial charge in [-0.1, -0.05) is 22.0 Å². The van der Waals surface area contributed by atoms with Gasteiger partial charge >= 0.3 is 0 Å². The van der Waals surface area contributed by atoms with Crippen molar-refractivity contribution < 1.29 is 4.79 Å². The molecule has 0 atom stereocenters. The normalized spacial score (nSPS) is 16.6. The Balaban J connectivity index is 1.89. The van der Waals surface area contributed by atoms with Gasteiger partial charge in [0.1, 0.15) is 0 Å². The predicted octanol–water partition coefficient (Wildman–Crippen LogP) is 2.91. The largest absolute Gasteiger partial charge is 0.339 e. The molecule has 1 amide bonds. The number of carbonyl (C=O) groups excluding carboxylic acids is 1. The molecule has 1 aliphatic heterocycles. The summed E-state index contributed by atoms with van der Waals surface area (Å²) in [6.45, 7) is 2.85. The quantitative estimate of drug-likeness (QED) is 0.923. The highest BCUT2D eigenvalue weighted by molar-refractivity contribution is 9.10. The summed E-state index contributed by atoms with van der Waals surface area (Å²) in [4.78, 5) is 14.3. The number of likely N-dealkylation sites (tertiary alicyclic amines) is 1. The van der Waals surface area contributed by atoms with E-state index in [0.29, 0.717) is 0 Å². The zero-order valence-corrected chi connectivity index (χ0v) is 12.9. The van der Waals surface area contributed by atoms with Crippen molar-refractivity contribution in [2.45, 2.75) is 19.3 Å². The van der Waals surface area contributed by atoms with E-state index in [-0.39, 0.29) is 5.91 Å². The molecule has 104 valence electrons. The third-order valence-corrected chi connectivity index (χ3v) is 4.27. The van der Waals surface area contributed by atoms with E-state index in [9.17, 15) is 4.79 Å². The van der Waals surface area contributed by atoms with Gasteiger partial charge in [-0.15, -0.1) is 0 Å². The van der Waals surface area contributed by atoms with Crippen LogP contribution >= 0.6 is 15.9 Å². The van der Waals surface area contributed by atoms with E-state index in [1.54, 1.807) is 0 Å². The summed E-state index contributed by atoms with van der Waals surface area (Å²) < 4.78 is 0.960. The van der Waals surface area contributed by atoms with Gasteiger partial charge in [0.2, 0.25) is 0 Å². The molecule has 1 aromatic carbocycles. The predicted molar refractivity (Wildman–Crippen MR) is 81.3 cm³/mol. The van der Waals surface area contributed by atoms with Crippen molar-refractivity contribution in [3.63, 3.8) is 0 Å². The first-order valence-corrected chi connectivity index (χ1v) is 7.69. The van der Waals surface area contributed by atoms with Crippen LogP contribution in [0, 0.1) is 5.92 Å². The van der Waals surface area contributed by atoms with Gasteiger partial charge in [0.05, 0.1) is 0 Å². The van der Waals surface area contributed by atoms with E-state index in [4.69, 9.17) is 0 Å². The lowest BCUT2D eigenvalue weighted by Crippen LogP contribution is -2.38. The number of amides is 1. The summed E-state index contributed by atoms with van der Waals surface area (Å²) in [6.07, 6.45) is 3.47. The second kappa shape index (κ2) is 7.06. The molecule has 1 aliphatic rings. The molecule has 0 aromatic heterocycles. The fourth-order valence-corrected chi connectivity index (χ4v) is 2.98. The van der Waals surface area contributed by atoms with Gasteiger partial charge < -0.3 is 10.2 Å². The zero-order valence-electron chi connectivity index (χ0n) is 11.4. The maximum Gasteiger partial charge on any atom is 0.253 e. The molecule has 19 heavy (non-hydrogen) atoms. The van der Waals surface area contributed by atoms with Crippen LogP contribution in [0.4, 0.5) is 0 Å². The van der Waals surface area contributed by atoms with Crippen LogP contribution in [0.25, 0.3) is 0 Å². The van der Waals surface area contributed by atoms with Gasteiger partial charge in [0.15, 0.2) is 0 Å². The molecule has 1 heterocycles. The molecule has 1 N–H and O–H groups in total. The molecule has 3 nitrogen and oxygen atoms in total. The van der Waals surface area contributed by atoms with Gasteiger partial charge in [0, 0.05) is 23.1 Å². The Morgan fingerprint density at radius 1 is 1.42 bits per heavy atom. The number of hydrogen-bond donors (Lipinski definition) is 1. The second-order valence-corrected chi connectivity index (χ2v) is 6.05. The molecule has 1 aromatic rings. The molecule has 1 saturated heterocycles. The maximum absolute atomic E-state index is 12.4. The summed E-state index contributed by atoms with van der Waals surface area (Å²) in [6, 6.07) is 7.65. The van der Waals surface area contributed by atoms with Crippen LogP contribution in [0.15, 0.2) is 28.7 Å². The van der Waals surface area contributed by atoms with Gasteiger partial charge in [0.25, 0.3) is 5.91 Å². The van der Waals surface area contributed by atoms with Crippen LogP contribution < -0.4 is 5.32 Å². The third kappa shape index (κ3) is 4.05. The van der Waals surface area contributed by atoms with Crippen LogP contribution in [0.1, 0.15) is 29.6 Å². The molecule has 0 spiro atoms. The van der Waals surface area contributed by atoms with E-state index < -0.39 is 0 Å². The molecule has 0 unspecified atom stereocenters. The highest BCUT2D eigenvalue weighted by atomic mass is 79.9. The minimum atomic E-state index is 0.161. The molecule has 4 heteroatoms. The minimum absolute atomic E-state index is 0.161. The standard InChI is InChI=1S/C15H21BrN2O/c1-17-8-5-12-6-9-18(10-7-12)15(19)13-3-2-4-14(16)11-13/h2-4,11-12,17H,5-10H2,1H3. The van der Waals surface area contributed by atoms with Crippen LogP contribution in [-0.2, 0) is 0 Å². The Kier molecular flexibility index (Phi) is 5.40. The highest BCUT2D eigenvalue weighted by Gasteiger charge is 2.23. The minimum Gasteiger partial charge on any atom is -0.339 e. The first-order chi connectivity index (χ1) is 9.20. The Morgan fingerprint density at radius 3 is 2.79 bits per heavy atom. The lowest BCUT2D eigenvalue weighted by atomic mass is 9.93. The maximum atomic E-state index is 12.4. The van der Waals surface area contributed by atoms with Gasteiger partial charge in [-0.05, 0) is 57.0 Å². The van der Waals surface area contributed by atoms with Crippen LogP contribution in [0.5, 0.6) is 0 Å². The lowest BCUT2D eigenvalue weighted by molar-refractivity contribution is 0.0687. The van der Waals surface area contributed by atoms with E-state index in [1.165, 1.54) is 6.42 Å². The molecular weight excluding hydrogens is 304 g/mol. The first-order valence-electron chi connectivity index (χ1n) is 6.90. The van der Waals surface area contributed by atoms with Crippen molar-refractivity contribution in [2.24, 2.45) is 5.92 Å². The van der Waals surface area contributed by atoms with E-state index in [2.05, 4.69) is 21.2 Å². The summed E-state index contributed by atoms with van der Waals surface area (Å²) >= 11 is 3.41. The van der Waals surface area contributed by atoms with Crippen molar-refractivity contribution in [3.05, 3.63) is 34.3 Å². The second-order valence-electron chi connectivity index (χ2n) is 5.14. The lowest BCUT2D eigenvalue weighted by Gasteiger charge is -2.32. The fraction of sp³-hybridized carbons (Fsp3) is 0.533. The average Bonchev–Trinajstić information content (AvgIpc) is 2.45. The Morgan fingerprint density at radius 2 is 2.16 bits per heavy atom. The van der Waals surface area contributed by atoms with Crippen LogP contribution in [0.3, 0.4) is 0 Å². The summed E-state index contributed by atoms with van der Waals surface area (Å²) in [5, 5.41) is 3.20. The SMILES string of the molecule is CNCCC1CCN(C(=O)c2cccc(Br)c2)CC1. The van der Waals surface area contributed by atoms with E-state index in [1.807, 2.05) is 36.2 Å². The van der Waals surface area contributed by atoms with Crippen molar-refractivity contribution >= 4 is 21.8 Å². The number of nitrogens with zero attached hydrogens (tertiary/aromatic N) is 1. The Bertz CT molecular complexity index is 428. The average molecular weight is 325 g/mol. The Labute approximate surface area is 123 Å². The number of carbonyl (C=O) groups is 1.